The van der Waals surface area contributed by atoms with E-state index < -0.39 is 0 Å². The first-order chi connectivity index (χ1) is 17.2. The van der Waals surface area contributed by atoms with Crippen molar-refractivity contribution in [2.75, 3.05) is 31.1 Å². The lowest BCUT2D eigenvalue weighted by Crippen LogP contribution is -2.51. The van der Waals surface area contributed by atoms with Crippen molar-refractivity contribution in [1.29, 1.82) is 0 Å². The zero-order valence-corrected chi connectivity index (χ0v) is 20.1. The maximum Gasteiger partial charge on any atom is 0.225 e. The molecule has 3 heterocycles. The van der Waals surface area contributed by atoms with E-state index in [0.717, 1.165) is 67.4 Å². The van der Waals surface area contributed by atoms with E-state index in [9.17, 15) is 4.79 Å². The highest BCUT2D eigenvalue weighted by atomic mass is 16.2. The summed E-state index contributed by atoms with van der Waals surface area (Å²) in [7, 11) is 0. The van der Waals surface area contributed by atoms with Crippen molar-refractivity contribution in [3.8, 4) is 5.69 Å². The van der Waals surface area contributed by atoms with Gasteiger partial charge in [-0.3, -0.25) is 4.79 Å². The van der Waals surface area contributed by atoms with Gasteiger partial charge in [0.15, 0.2) is 5.65 Å². The summed E-state index contributed by atoms with van der Waals surface area (Å²) in [5.74, 6) is 2.27. The molecule has 1 aliphatic heterocycles. The van der Waals surface area contributed by atoms with Crippen LogP contribution >= 0.6 is 0 Å². The van der Waals surface area contributed by atoms with Gasteiger partial charge in [0.2, 0.25) is 5.91 Å². The Bertz CT molecular complexity index is 1340. The molecule has 4 aromatic rings. The van der Waals surface area contributed by atoms with E-state index in [1.165, 1.54) is 17.5 Å². The summed E-state index contributed by atoms with van der Waals surface area (Å²) >= 11 is 0. The number of fused-ring (bicyclic) bond motifs is 1. The lowest BCUT2D eigenvalue weighted by molar-refractivity contribution is -0.138. The maximum atomic E-state index is 12.7. The highest BCUT2D eigenvalue weighted by Crippen LogP contribution is 2.30. The molecule has 1 aliphatic carbocycles. The molecule has 0 spiro atoms. The van der Waals surface area contributed by atoms with Crippen molar-refractivity contribution in [1.82, 2.24) is 24.6 Å². The fourth-order valence-corrected chi connectivity index (χ4v) is 4.96. The van der Waals surface area contributed by atoms with Gasteiger partial charge in [-0.25, -0.2) is 14.6 Å². The molecule has 2 aromatic heterocycles. The third-order valence-electron chi connectivity index (χ3n) is 7.28. The van der Waals surface area contributed by atoms with Crippen LogP contribution in [0.15, 0.2) is 60.8 Å². The van der Waals surface area contributed by atoms with Crippen molar-refractivity contribution in [2.45, 2.75) is 32.6 Å². The molecule has 0 bridgehead atoms. The molecule has 0 atom stereocenters. The van der Waals surface area contributed by atoms with Gasteiger partial charge >= 0.3 is 0 Å². The number of aryl methyl sites for hydroxylation is 1. The first-order valence-corrected chi connectivity index (χ1v) is 12.5. The minimum Gasteiger partial charge on any atom is -0.352 e. The first-order valence-electron chi connectivity index (χ1n) is 12.5. The monoisotopic (exact) mass is 466 g/mol. The first kappa shape index (κ1) is 21.8. The van der Waals surface area contributed by atoms with Crippen LogP contribution in [0, 0.1) is 12.8 Å². The number of piperazine rings is 1. The van der Waals surface area contributed by atoms with Gasteiger partial charge in [-0.1, -0.05) is 54.4 Å². The zero-order chi connectivity index (χ0) is 23.8. The Morgan fingerprint density at radius 1 is 0.943 bits per heavy atom. The third kappa shape index (κ3) is 4.27. The number of carbonyl (C=O) groups is 1. The Kier molecular flexibility index (Phi) is 5.68. The summed E-state index contributed by atoms with van der Waals surface area (Å²) in [6, 6.07) is 18.6. The van der Waals surface area contributed by atoms with Crippen LogP contribution in [0.4, 0.5) is 5.82 Å². The Labute approximate surface area is 205 Å². The predicted molar refractivity (Wildman–Crippen MR) is 137 cm³/mol. The fraction of sp³-hybridized carbons (Fsp3) is 0.357. The standard InChI is InChI=1S/C28H30N6O/c1-20-10-12-21(13-11-20)18-25-30-26(32-14-16-33(17-15-32)28(35)22-6-5-7-22)24-19-29-34(27(24)31-25)23-8-3-2-4-9-23/h2-4,8-13,19,22H,5-7,14-18H2,1H3. The number of hydrogen-bond donors (Lipinski definition) is 0. The van der Waals surface area contributed by atoms with Gasteiger partial charge in [0.05, 0.1) is 17.3 Å². The molecule has 0 N–H and O–H groups in total. The van der Waals surface area contributed by atoms with E-state index in [-0.39, 0.29) is 5.92 Å². The van der Waals surface area contributed by atoms with E-state index >= 15 is 0 Å². The molecule has 0 unspecified atom stereocenters. The molecule has 7 heteroatoms. The molecular formula is C28H30N6O. The number of para-hydroxylation sites is 1. The minimum atomic E-state index is 0.248. The van der Waals surface area contributed by atoms with Crippen molar-refractivity contribution in [2.24, 2.45) is 5.92 Å². The summed E-state index contributed by atoms with van der Waals surface area (Å²) in [6.45, 7) is 5.11. The summed E-state index contributed by atoms with van der Waals surface area (Å²) in [4.78, 5) is 27.1. The number of hydrogen-bond acceptors (Lipinski definition) is 5. The second-order valence-electron chi connectivity index (χ2n) is 9.70. The van der Waals surface area contributed by atoms with Gasteiger partial charge in [-0.15, -0.1) is 0 Å². The van der Waals surface area contributed by atoms with Crippen molar-refractivity contribution in [3.63, 3.8) is 0 Å². The number of aromatic nitrogens is 4. The summed E-state index contributed by atoms with van der Waals surface area (Å²) in [5.41, 5.74) is 4.21. The van der Waals surface area contributed by atoms with E-state index in [0.29, 0.717) is 12.3 Å². The number of amides is 1. The predicted octanol–water partition coefficient (Wildman–Crippen LogP) is 4.16. The van der Waals surface area contributed by atoms with Crippen LogP contribution in [0.1, 0.15) is 36.2 Å². The lowest BCUT2D eigenvalue weighted by atomic mass is 9.84. The van der Waals surface area contributed by atoms with Crippen LogP contribution in [-0.4, -0.2) is 56.7 Å². The number of nitrogens with zero attached hydrogens (tertiary/aromatic N) is 6. The highest BCUT2D eigenvalue weighted by molar-refractivity contribution is 5.88. The van der Waals surface area contributed by atoms with Crippen LogP contribution in [-0.2, 0) is 11.2 Å². The number of carbonyl (C=O) groups excluding carboxylic acids is 1. The van der Waals surface area contributed by atoms with E-state index in [4.69, 9.17) is 9.97 Å². The largest absolute Gasteiger partial charge is 0.352 e. The Balaban J connectivity index is 1.34. The molecule has 1 saturated carbocycles. The molecule has 2 aliphatic rings. The summed E-state index contributed by atoms with van der Waals surface area (Å²) in [5, 5.41) is 5.63. The van der Waals surface area contributed by atoms with Crippen molar-refractivity contribution in [3.05, 3.63) is 77.7 Å². The van der Waals surface area contributed by atoms with Crippen LogP contribution in [0.5, 0.6) is 0 Å². The summed E-state index contributed by atoms with van der Waals surface area (Å²) < 4.78 is 1.90. The van der Waals surface area contributed by atoms with Gasteiger partial charge in [0.1, 0.15) is 11.6 Å². The van der Waals surface area contributed by atoms with Gasteiger partial charge in [0, 0.05) is 38.5 Å². The van der Waals surface area contributed by atoms with Gasteiger partial charge in [-0.2, -0.15) is 5.10 Å². The van der Waals surface area contributed by atoms with E-state index in [1.54, 1.807) is 0 Å². The van der Waals surface area contributed by atoms with Crippen molar-refractivity contribution >= 4 is 22.8 Å². The molecule has 7 nitrogen and oxygen atoms in total. The topological polar surface area (TPSA) is 67.2 Å². The second kappa shape index (κ2) is 9.13. The number of anilines is 1. The van der Waals surface area contributed by atoms with Crippen LogP contribution in [0.25, 0.3) is 16.7 Å². The Hall–Kier alpha value is -3.74. The van der Waals surface area contributed by atoms with Gasteiger partial charge in [-0.05, 0) is 37.5 Å². The molecule has 0 radical (unpaired) electrons. The molecule has 6 rings (SSSR count). The normalized spacial score (nSPS) is 16.5. The van der Waals surface area contributed by atoms with Gasteiger partial charge in [0.25, 0.3) is 0 Å². The fourth-order valence-electron chi connectivity index (χ4n) is 4.96. The Morgan fingerprint density at radius 3 is 2.37 bits per heavy atom. The minimum absolute atomic E-state index is 0.248. The van der Waals surface area contributed by atoms with Crippen LogP contribution in [0.2, 0.25) is 0 Å². The molecule has 35 heavy (non-hydrogen) atoms. The average Bonchev–Trinajstić information content (AvgIpc) is 3.28. The third-order valence-corrected chi connectivity index (χ3v) is 7.28. The SMILES string of the molecule is Cc1ccc(Cc2nc(N3CCN(C(=O)C4CCC4)CC3)c3cnn(-c4ccccc4)c3n2)cc1. The molecular weight excluding hydrogens is 436 g/mol. The second-order valence-corrected chi connectivity index (χ2v) is 9.70. The molecule has 1 amide bonds. The maximum absolute atomic E-state index is 12.7. The van der Waals surface area contributed by atoms with E-state index in [1.807, 2.05) is 46.1 Å². The lowest BCUT2D eigenvalue weighted by Gasteiger charge is -2.38. The molecule has 2 aromatic carbocycles. The molecule has 1 saturated heterocycles. The average molecular weight is 467 g/mol. The Morgan fingerprint density at radius 2 is 1.69 bits per heavy atom. The van der Waals surface area contributed by atoms with Crippen LogP contribution in [0.3, 0.4) is 0 Å². The summed E-state index contributed by atoms with van der Waals surface area (Å²) in [6.07, 6.45) is 5.81. The van der Waals surface area contributed by atoms with Crippen LogP contribution < -0.4 is 4.90 Å². The van der Waals surface area contributed by atoms with Crippen molar-refractivity contribution < 1.29 is 4.79 Å². The van der Waals surface area contributed by atoms with Gasteiger partial charge < -0.3 is 9.80 Å². The number of rotatable bonds is 5. The highest BCUT2D eigenvalue weighted by Gasteiger charge is 2.32. The quantitative estimate of drug-likeness (QED) is 0.442. The molecule has 2 fully saturated rings. The number of benzene rings is 2. The smallest absolute Gasteiger partial charge is 0.225 e. The molecule has 178 valence electrons. The zero-order valence-electron chi connectivity index (χ0n) is 20.1. The van der Waals surface area contributed by atoms with E-state index in [2.05, 4.69) is 41.2 Å².